The normalized spacial score (nSPS) is 11.9. The number of sulfonamides is 1. The summed E-state index contributed by atoms with van der Waals surface area (Å²) in [6.45, 7) is 7.90. The van der Waals surface area contributed by atoms with E-state index in [-0.39, 0.29) is 10.4 Å². The molecule has 130 valence electrons. The molecule has 0 fully saturated rings. The lowest BCUT2D eigenvalue weighted by atomic mass is 10.1. The highest BCUT2D eigenvalue weighted by Crippen LogP contribution is 2.27. The van der Waals surface area contributed by atoms with Crippen LogP contribution in [0, 0.1) is 6.92 Å². The van der Waals surface area contributed by atoms with E-state index < -0.39 is 10.0 Å². The van der Waals surface area contributed by atoms with Gasteiger partial charge in [-0.25, -0.2) is 13.4 Å². The molecule has 0 spiro atoms. The third kappa shape index (κ3) is 4.61. The van der Waals surface area contributed by atoms with Crippen molar-refractivity contribution in [2.75, 3.05) is 17.1 Å². The number of nitrogens with one attached hydrogen (secondary N) is 2. The van der Waals surface area contributed by atoms with E-state index in [0.29, 0.717) is 17.3 Å². The summed E-state index contributed by atoms with van der Waals surface area (Å²) in [5.41, 5.74) is 1.10. The highest BCUT2D eigenvalue weighted by atomic mass is 32.2. The van der Waals surface area contributed by atoms with E-state index >= 15 is 0 Å². The zero-order valence-corrected chi connectivity index (χ0v) is 15.4. The Morgan fingerprint density at radius 1 is 1.12 bits per heavy atom. The van der Waals surface area contributed by atoms with E-state index in [0.717, 1.165) is 5.56 Å². The van der Waals surface area contributed by atoms with Crippen LogP contribution in [0.5, 0.6) is 5.75 Å². The second kappa shape index (κ2) is 6.68. The second-order valence-electron chi connectivity index (χ2n) is 6.57. The van der Waals surface area contributed by atoms with Gasteiger partial charge in [0.2, 0.25) is 0 Å². The molecule has 0 radical (unpaired) electrons. The number of nitrogens with zero attached hydrogens (tertiary/aromatic N) is 1. The summed E-state index contributed by atoms with van der Waals surface area (Å²) in [7, 11) is -2.32. The quantitative estimate of drug-likeness (QED) is 0.865. The van der Waals surface area contributed by atoms with Crippen LogP contribution in [0.3, 0.4) is 0 Å². The van der Waals surface area contributed by atoms with Gasteiger partial charge in [-0.2, -0.15) is 0 Å². The Bertz CT molecular complexity index is 810. The lowest BCUT2D eigenvalue weighted by molar-refractivity contribution is 0.402. The van der Waals surface area contributed by atoms with Crippen LogP contribution in [-0.2, 0) is 10.0 Å². The van der Waals surface area contributed by atoms with Crippen LogP contribution in [0.1, 0.15) is 26.3 Å². The first kappa shape index (κ1) is 18.1. The van der Waals surface area contributed by atoms with E-state index in [1.165, 1.54) is 13.3 Å². The van der Waals surface area contributed by atoms with Crippen molar-refractivity contribution >= 4 is 21.5 Å². The Hall–Kier alpha value is -2.28. The Balaban J connectivity index is 2.25. The fraction of sp³-hybridized carbons (Fsp3) is 0.353. The fourth-order valence-electron chi connectivity index (χ4n) is 2.12. The Labute approximate surface area is 143 Å². The molecule has 1 aromatic carbocycles. The zero-order valence-electron chi connectivity index (χ0n) is 14.5. The molecule has 0 saturated carbocycles. The molecule has 0 atom stereocenters. The number of rotatable bonds is 5. The number of hydrogen-bond acceptors (Lipinski definition) is 5. The number of aromatic nitrogens is 1. The maximum absolute atomic E-state index is 12.6. The lowest BCUT2D eigenvalue weighted by Gasteiger charge is -2.21. The summed E-state index contributed by atoms with van der Waals surface area (Å²) in [6.07, 6.45) is 1.48. The van der Waals surface area contributed by atoms with Gasteiger partial charge in [0.1, 0.15) is 16.5 Å². The Morgan fingerprint density at radius 3 is 2.38 bits per heavy atom. The number of pyridine rings is 1. The standard InChI is InChI=1S/C17H23N3O3S/c1-12-6-8-14(23-5)15(10-12)24(21,22)20-13-7-9-16(18-11-13)19-17(2,3)4/h6-11,20H,1-5H3,(H,18,19). The molecule has 2 aromatic rings. The van der Waals surface area contributed by atoms with Crippen LogP contribution in [-0.4, -0.2) is 26.1 Å². The van der Waals surface area contributed by atoms with Crippen molar-refractivity contribution < 1.29 is 13.2 Å². The molecule has 2 N–H and O–H groups in total. The molecule has 2 rings (SSSR count). The van der Waals surface area contributed by atoms with E-state index in [2.05, 4.69) is 15.0 Å². The number of aryl methyl sites for hydroxylation is 1. The summed E-state index contributed by atoms with van der Waals surface area (Å²) in [5, 5.41) is 3.22. The van der Waals surface area contributed by atoms with Crippen LogP contribution in [0.25, 0.3) is 0 Å². The number of anilines is 2. The summed E-state index contributed by atoms with van der Waals surface area (Å²) in [5.74, 6) is 0.977. The molecule has 1 aromatic heterocycles. The summed E-state index contributed by atoms with van der Waals surface area (Å²) in [4.78, 5) is 4.33. The van der Waals surface area contributed by atoms with Gasteiger partial charge in [-0.1, -0.05) is 6.07 Å². The summed E-state index contributed by atoms with van der Waals surface area (Å²) >= 11 is 0. The number of methoxy groups -OCH3 is 1. The molecule has 0 unspecified atom stereocenters. The van der Waals surface area contributed by atoms with Crippen molar-refractivity contribution in [2.24, 2.45) is 0 Å². The summed E-state index contributed by atoms with van der Waals surface area (Å²) in [6, 6.07) is 8.41. The minimum absolute atomic E-state index is 0.0990. The van der Waals surface area contributed by atoms with Crippen molar-refractivity contribution in [1.29, 1.82) is 0 Å². The monoisotopic (exact) mass is 349 g/mol. The molecule has 0 saturated heterocycles. The van der Waals surface area contributed by atoms with Crippen molar-refractivity contribution in [3.63, 3.8) is 0 Å². The van der Waals surface area contributed by atoms with Crippen LogP contribution in [0.15, 0.2) is 41.4 Å². The average Bonchev–Trinajstić information content (AvgIpc) is 2.47. The van der Waals surface area contributed by atoms with Crippen LogP contribution >= 0.6 is 0 Å². The first-order valence-electron chi connectivity index (χ1n) is 7.52. The van der Waals surface area contributed by atoms with Crippen molar-refractivity contribution in [1.82, 2.24) is 4.98 Å². The highest BCUT2D eigenvalue weighted by Gasteiger charge is 2.20. The van der Waals surface area contributed by atoms with E-state index in [4.69, 9.17) is 4.74 Å². The smallest absolute Gasteiger partial charge is 0.265 e. The first-order chi connectivity index (χ1) is 11.1. The molecule has 0 aliphatic carbocycles. The van der Waals surface area contributed by atoms with Crippen molar-refractivity contribution in [3.8, 4) is 5.75 Å². The molecule has 0 aliphatic rings. The van der Waals surface area contributed by atoms with Gasteiger partial charge in [0.25, 0.3) is 10.0 Å². The predicted octanol–water partition coefficient (Wildman–Crippen LogP) is 3.41. The molecule has 0 bridgehead atoms. The number of hydrogen-bond donors (Lipinski definition) is 2. The van der Waals surface area contributed by atoms with E-state index in [1.807, 2.05) is 27.7 Å². The molecule has 0 aliphatic heterocycles. The van der Waals surface area contributed by atoms with Gasteiger partial charge >= 0.3 is 0 Å². The van der Waals surface area contributed by atoms with E-state index in [9.17, 15) is 8.42 Å². The van der Waals surface area contributed by atoms with Gasteiger partial charge in [0.05, 0.1) is 19.0 Å². The largest absolute Gasteiger partial charge is 0.495 e. The third-order valence-electron chi connectivity index (χ3n) is 3.13. The minimum atomic E-state index is -3.76. The van der Waals surface area contributed by atoms with Gasteiger partial charge in [-0.05, 0) is 57.5 Å². The van der Waals surface area contributed by atoms with Crippen LogP contribution < -0.4 is 14.8 Å². The van der Waals surface area contributed by atoms with E-state index in [1.54, 1.807) is 30.3 Å². The van der Waals surface area contributed by atoms with Crippen LogP contribution in [0.2, 0.25) is 0 Å². The topological polar surface area (TPSA) is 80.3 Å². The van der Waals surface area contributed by atoms with Gasteiger partial charge < -0.3 is 10.1 Å². The van der Waals surface area contributed by atoms with Crippen LogP contribution in [0.4, 0.5) is 11.5 Å². The maximum atomic E-state index is 12.6. The molecule has 7 heteroatoms. The molecule has 24 heavy (non-hydrogen) atoms. The molecule has 6 nitrogen and oxygen atoms in total. The predicted molar refractivity (Wildman–Crippen MR) is 96.2 cm³/mol. The average molecular weight is 349 g/mol. The molecule has 1 heterocycles. The second-order valence-corrected chi connectivity index (χ2v) is 8.22. The Kier molecular flexibility index (Phi) is 5.03. The third-order valence-corrected chi connectivity index (χ3v) is 4.53. The Morgan fingerprint density at radius 2 is 1.83 bits per heavy atom. The fourth-order valence-corrected chi connectivity index (χ4v) is 3.41. The van der Waals surface area contributed by atoms with Gasteiger partial charge in [0, 0.05) is 5.54 Å². The maximum Gasteiger partial charge on any atom is 0.265 e. The van der Waals surface area contributed by atoms with Gasteiger partial charge in [0.15, 0.2) is 0 Å². The molecule has 0 amide bonds. The SMILES string of the molecule is COc1ccc(C)cc1S(=O)(=O)Nc1ccc(NC(C)(C)C)nc1. The van der Waals surface area contributed by atoms with Crippen molar-refractivity contribution in [2.45, 2.75) is 38.1 Å². The number of ether oxygens (including phenoxy) is 1. The highest BCUT2D eigenvalue weighted by molar-refractivity contribution is 7.92. The minimum Gasteiger partial charge on any atom is -0.495 e. The van der Waals surface area contributed by atoms with Gasteiger partial charge in [-0.15, -0.1) is 0 Å². The number of benzene rings is 1. The molecular weight excluding hydrogens is 326 g/mol. The van der Waals surface area contributed by atoms with Gasteiger partial charge in [-0.3, -0.25) is 4.72 Å². The summed E-state index contributed by atoms with van der Waals surface area (Å²) < 4.78 is 32.9. The molecular formula is C17H23N3O3S. The first-order valence-corrected chi connectivity index (χ1v) is 9.01. The van der Waals surface area contributed by atoms with Crippen molar-refractivity contribution in [3.05, 3.63) is 42.1 Å². The lowest BCUT2D eigenvalue weighted by Crippen LogP contribution is -2.26. The zero-order chi connectivity index (χ0) is 18.0.